The standard InChI is InChI=1S/C20H24N2O5/c1-13(23)16-8-4-5-9-17(16)21-18(24)12-27-20(26)14-10-19(25)22(11-14)15-6-2-3-7-15/h4-5,8-9,14-15H,2-3,6-7,10-12H2,1H3,(H,21,24)/t14-/m1/s1. The first kappa shape index (κ1) is 19.1. The van der Waals surface area contributed by atoms with Gasteiger partial charge in [-0.15, -0.1) is 0 Å². The Bertz CT molecular complexity index is 754. The fraction of sp³-hybridized carbons (Fsp3) is 0.500. The highest BCUT2D eigenvalue weighted by Gasteiger charge is 2.39. The SMILES string of the molecule is CC(=O)c1ccccc1NC(=O)COC(=O)[C@@H]1CC(=O)N(C2CCCC2)C1. The third-order valence-corrected chi connectivity index (χ3v) is 5.18. The molecule has 1 aliphatic carbocycles. The maximum atomic E-state index is 12.2. The number of benzene rings is 1. The van der Waals surface area contributed by atoms with Crippen molar-refractivity contribution >= 4 is 29.3 Å². The molecule has 2 fully saturated rings. The predicted octanol–water partition coefficient (Wildman–Crippen LogP) is 2.16. The number of likely N-dealkylation sites (tertiary alicyclic amines) is 1. The number of hydrogen-bond donors (Lipinski definition) is 1. The number of nitrogens with zero attached hydrogens (tertiary/aromatic N) is 1. The summed E-state index contributed by atoms with van der Waals surface area (Å²) >= 11 is 0. The molecule has 7 nitrogen and oxygen atoms in total. The topological polar surface area (TPSA) is 92.8 Å². The molecule has 2 amide bonds. The second kappa shape index (κ2) is 8.33. The summed E-state index contributed by atoms with van der Waals surface area (Å²) in [6.45, 7) is 1.34. The molecule has 0 aromatic heterocycles. The van der Waals surface area contributed by atoms with Gasteiger partial charge in [0, 0.05) is 24.6 Å². The van der Waals surface area contributed by atoms with E-state index in [1.807, 2.05) is 0 Å². The zero-order chi connectivity index (χ0) is 19.4. The zero-order valence-corrected chi connectivity index (χ0v) is 15.4. The molecular weight excluding hydrogens is 348 g/mol. The number of para-hydroxylation sites is 1. The molecule has 1 atom stereocenters. The average molecular weight is 372 g/mol. The van der Waals surface area contributed by atoms with E-state index in [9.17, 15) is 19.2 Å². The van der Waals surface area contributed by atoms with Crippen LogP contribution in [0.4, 0.5) is 5.69 Å². The number of ketones is 1. The first-order valence-corrected chi connectivity index (χ1v) is 9.31. The summed E-state index contributed by atoms with van der Waals surface area (Å²) in [4.78, 5) is 49.9. The van der Waals surface area contributed by atoms with Crippen molar-refractivity contribution in [3.05, 3.63) is 29.8 Å². The van der Waals surface area contributed by atoms with E-state index in [1.54, 1.807) is 29.2 Å². The van der Waals surface area contributed by atoms with Crippen molar-refractivity contribution in [1.82, 2.24) is 4.90 Å². The summed E-state index contributed by atoms with van der Waals surface area (Å²) in [5.41, 5.74) is 0.778. The normalized spacial score (nSPS) is 20.0. The van der Waals surface area contributed by atoms with Crippen molar-refractivity contribution in [2.75, 3.05) is 18.5 Å². The largest absolute Gasteiger partial charge is 0.455 e. The Hall–Kier alpha value is -2.70. The molecule has 0 radical (unpaired) electrons. The summed E-state index contributed by atoms with van der Waals surface area (Å²) in [5.74, 6) is -1.74. The number of ether oxygens (including phenoxy) is 1. The van der Waals surface area contributed by atoms with Crippen molar-refractivity contribution in [1.29, 1.82) is 0 Å². The number of esters is 1. The second-order valence-corrected chi connectivity index (χ2v) is 7.14. The maximum absolute atomic E-state index is 12.2. The van der Waals surface area contributed by atoms with Gasteiger partial charge in [-0.1, -0.05) is 25.0 Å². The molecular formula is C20H24N2O5. The van der Waals surface area contributed by atoms with Crippen molar-refractivity contribution in [2.24, 2.45) is 5.92 Å². The fourth-order valence-electron chi connectivity index (χ4n) is 3.80. The van der Waals surface area contributed by atoms with Crippen LogP contribution < -0.4 is 5.32 Å². The molecule has 1 saturated heterocycles. The number of Topliss-reactive ketones (excluding diaryl/α,β-unsaturated/α-hetero) is 1. The van der Waals surface area contributed by atoms with Crippen LogP contribution in [0.5, 0.6) is 0 Å². The van der Waals surface area contributed by atoms with Gasteiger partial charge in [-0.25, -0.2) is 0 Å². The molecule has 1 aromatic rings. The van der Waals surface area contributed by atoms with Gasteiger partial charge in [-0.2, -0.15) is 0 Å². The molecule has 1 N–H and O–H groups in total. The molecule has 27 heavy (non-hydrogen) atoms. The van der Waals surface area contributed by atoms with E-state index in [1.165, 1.54) is 6.92 Å². The molecule has 144 valence electrons. The van der Waals surface area contributed by atoms with Gasteiger partial charge in [0.05, 0.1) is 11.6 Å². The Kier molecular flexibility index (Phi) is 5.88. The van der Waals surface area contributed by atoms with E-state index >= 15 is 0 Å². The van der Waals surface area contributed by atoms with Gasteiger partial charge in [0.25, 0.3) is 5.91 Å². The minimum Gasteiger partial charge on any atom is -0.455 e. The van der Waals surface area contributed by atoms with Crippen molar-refractivity contribution in [3.8, 4) is 0 Å². The third kappa shape index (κ3) is 4.53. The Labute approximate surface area is 158 Å². The number of amides is 2. The van der Waals surface area contributed by atoms with Crippen LogP contribution in [-0.4, -0.2) is 47.7 Å². The molecule has 1 heterocycles. The fourth-order valence-corrected chi connectivity index (χ4v) is 3.80. The summed E-state index contributed by atoms with van der Waals surface area (Å²) < 4.78 is 5.10. The Morgan fingerprint density at radius 2 is 1.89 bits per heavy atom. The monoisotopic (exact) mass is 372 g/mol. The molecule has 0 spiro atoms. The smallest absolute Gasteiger partial charge is 0.311 e. The molecule has 1 aliphatic heterocycles. The molecule has 0 unspecified atom stereocenters. The Balaban J connectivity index is 1.50. The number of anilines is 1. The van der Waals surface area contributed by atoms with Gasteiger partial charge in [0.2, 0.25) is 5.91 Å². The molecule has 7 heteroatoms. The van der Waals surface area contributed by atoms with Crippen LogP contribution in [0.25, 0.3) is 0 Å². The lowest BCUT2D eigenvalue weighted by molar-refractivity contribution is -0.151. The number of hydrogen-bond acceptors (Lipinski definition) is 5. The number of nitrogens with one attached hydrogen (secondary N) is 1. The summed E-state index contributed by atoms with van der Waals surface area (Å²) in [5, 5.41) is 2.59. The lowest BCUT2D eigenvalue weighted by atomic mass is 10.1. The summed E-state index contributed by atoms with van der Waals surface area (Å²) in [6.07, 6.45) is 4.36. The molecule has 2 aliphatic rings. The summed E-state index contributed by atoms with van der Waals surface area (Å²) in [6, 6.07) is 6.88. The molecule has 1 saturated carbocycles. The number of carbonyl (C=O) groups is 4. The minimum atomic E-state index is -0.529. The van der Waals surface area contributed by atoms with Gasteiger partial charge < -0.3 is 15.0 Å². The van der Waals surface area contributed by atoms with E-state index in [0.717, 1.165) is 25.7 Å². The van der Waals surface area contributed by atoms with Gasteiger partial charge in [0.1, 0.15) is 0 Å². The van der Waals surface area contributed by atoms with E-state index in [4.69, 9.17) is 4.74 Å². The second-order valence-electron chi connectivity index (χ2n) is 7.14. The lowest BCUT2D eigenvalue weighted by Crippen LogP contribution is -2.35. The van der Waals surface area contributed by atoms with E-state index in [2.05, 4.69) is 5.32 Å². The molecule has 0 bridgehead atoms. The minimum absolute atomic E-state index is 0.0105. The predicted molar refractivity (Wildman–Crippen MR) is 98.1 cm³/mol. The van der Waals surface area contributed by atoms with Gasteiger partial charge in [-0.05, 0) is 31.9 Å². The highest BCUT2D eigenvalue weighted by Crippen LogP contribution is 2.29. The highest BCUT2D eigenvalue weighted by molar-refractivity contribution is 6.04. The zero-order valence-electron chi connectivity index (χ0n) is 15.4. The van der Waals surface area contributed by atoms with E-state index in [-0.39, 0.29) is 24.2 Å². The van der Waals surface area contributed by atoms with E-state index in [0.29, 0.717) is 17.8 Å². The Morgan fingerprint density at radius 1 is 1.19 bits per heavy atom. The number of rotatable bonds is 6. The van der Waals surface area contributed by atoms with Crippen LogP contribution in [0.1, 0.15) is 49.4 Å². The molecule has 3 rings (SSSR count). The third-order valence-electron chi connectivity index (χ3n) is 5.18. The average Bonchev–Trinajstić information content (AvgIpc) is 3.29. The Morgan fingerprint density at radius 3 is 2.59 bits per heavy atom. The van der Waals surface area contributed by atoms with Crippen LogP contribution >= 0.6 is 0 Å². The summed E-state index contributed by atoms with van der Waals surface area (Å²) in [7, 11) is 0. The highest BCUT2D eigenvalue weighted by atomic mass is 16.5. The van der Waals surface area contributed by atoms with Crippen LogP contribution in [0.2, 0.25) is 0 Å². The quantitative estimate of drug-likeness (QED) is 0.610. The maximum Gasteiger partial charge on any atom is 0.311 e. The first-order valence-electron chi connectivity index (χ1n) is 9.31. The van der Waals surface area contributed by atoms with Crippen LogP contribution in [0, 0.1) is 5.92 Å². The van der Waals surface area contributed by atoms with Gasteiger partial charge in [0.15, 0.2) is 12.4 Å². The van der Waals surface area contributed by atoms with Crippen LogP contribution in [0.3, 0.4) is 0 Å². The van der Waals surface area contributed by atoms with Crippen molar-refractivity contribution < 1.29 is 23.9 Å². The first-order chi connectivity index (χ1) is 13.0. The van der Waals surface area contributed by atoms with Crippen molar-refractivity contribution in [2.45, 2.75) is 45.1 Å². The van der Waals surface area contributed by atoms with E-state index < -0.39 is 24.4 Å². The lowest BCUT2D eigenvalue weighted by Gasteiger charge is -2.23. The van der Waals surface area contributed by atoms with Gasteiger partial charge >= 0.3 is 5.97 Å². The number of carbonyl (C=O) groups excluding carboxylic acids is 4. The van der Waals surface area contributed by atoms with Gasteiger partial charge in [-0.3, -0.25) is 19.2 Å². The van der Waals surface area contributed by atoms with Crippen LogP contribution in [-0.2, 0) is 19.1 Å². The van der Waals surface area contributed by atoms with Crippen LogP contribution in [0.15, 0.2) is 24.3 Å². The van der Waals surface area contributed by atoms with Crippen molar-refractivity contribution in [3.63, 3.8) is 0 Å². The molecule has 1 aromatic carbocycles.